The van der Waals surface area contributed by atoms with Gasteiger partial charge >= 0.3 is 50.6 Å². The van der Waals surface area contributed by atoms with Crippen molar-refractivity contribution in [3.05, 3.63) is 17.5 Å². The Morgan fingerprint density at radius 1 is 1.57 bits per heavy atom. The minimum absolute atomic E-state index is 0. The zero-order chi connectivity index (χ0) is 4.41. The third kappa shape index (κ3) is 2.58. The van der Waals surface area contributed by atoms with E-state index in [2.05, 4.69) is 17.5 Å². The van der Waals surface area contributed by atoms with Crippen LogP contribution in [-0.2, 0) is 18.3 Å². The van der Waals surface area contributed by atoms with E-state index in [0.717, 1.165) is 0 Å². The summed E-state index contributed by atoms with van der Waals surface area (Å²) in [6.07, 6.45) is 0. The SMILES string of the molecule is Br.[Zn][c]1cccs1. The summed E-state index contributed by atoms with van der Waals surface area (Å²) in [6, 6.07) is 4.24. The van der Waals surface area contributed by atoms with E-state index in [1.54, 1.807) is 0 Å². The third-order valence-corrected chi connectivity index (χ3v) is 2.86. The maximum atomic E-state index is 2.16. The van der Waals surface area contributed by atoms with E-state index < -0.39 is 0 Å². The average molecular weight is 229 g/mol. The van der Waals surface area contributed by atoms with E-state index in [1.807, 2.05) is 11.3 Å². The van der Waals surface area contributed by atoms with Crippen molar-refractivity contribution in [2.75, 3.05) is 0 Å². The normalized spacial score (nSPS) is 7.71. The number of halogens is 1. The van der Waals surface area contributed by atoms with Gasteiger partial charge in [-0.2, -0.15) is 0 Å². The molecular formula is C4H4BrSZn. The van der Waals surface area contributed by atoms with Crippen LogP contribution in [0.15, 0.2) is 17.5 Å². The molecule has 0 bridgehead atoms. The molecule has 3 heteroatoms. The van der Waals surface area contributed by atoms with E-state index in [9.17, 15) is 0 Å². The molecule has 0 atom stereocenters. The number of rotatable bonds is 0. The van der Waals surface area contributed by atoms with E-state index in [4.69, 9.17) is 0 Å². The summed E-state index contributed by atoms with van der Waals surface area (Å²) in [5.74, 6) is 0. The molecule has 1 rings (SSSR count). The Bertz CT molecular complexity index is 115. The van der Waals surface area contributed by atoms with E-state index in [1.165, 1.54) is 21.8 Å². The molecule has 0 fully saturated rings. The Hall–Kier alpha value is 0.803. The van der Waals surface area contributed by atoms with Crippen LogP contribution < -0.4 is 3.47 Å². The van der Waals surface area contributed by atoms with Gasteiger partial charge in [-0.05, 0) is 0 Å². The number of hydrogen-bond donors (Lipinski definition) is 0. The van der Waals surface area contributed by atoms with Gasteiger partial charge in [0.15, 0.2) is 0 Å². The van der Waals surface area contributed by atoms with Crippen LogP contribution in [0.1, 0.15) is 0 Å². The summed E-state index contributed by atoms with van der Waals surface area (Å²) < 4.78 is 1.51. The maximum absolute atomic E-state index is 2.16. The van der Waals surface area contributed by atoms with Gasteiger partial charge in [0.05, 0.1) is 0 Å². The predicted molar refractivity (Wildman–Crippen MR) is 34.3 cm³/mol. The molecule has 0 aliphatic heterocycles. The minimum atomic E-state index is 0. The summed E-state index contributed by atoms with van der Waals surface area (Å²) >= 11 is 3.14. The van der Waals surface area contributed by atoms with Crippen molar-refractivity contribution < 1.29 is 18.3 Å². The van der Waals surface area contributed by atoms with Crippen molar-refractivity contribution >= 4 is 31.8 Å². The fourth-order valence-corrected chi connectivity index (χ4v) is 1.69. The Morgan fingerprint density at radius 2 is 2.29 bits per heavy atom. The molecule has 1 heterocycles. The molecule has 0 saturated carbocycles. The molecule has 7 heavy (non-hydrogen) atoms. The van der Waals surface area contributed by atoms with Crippen LogP contribution in [-0.4, -0.2) is 0 Å². The summed E-state index contributed by atoms with van der Waals surface area (Å²) in [7, 11) is 0. The van der Waals surface area contributed by atoms with Crippen molar-refractivity contribution in [2.24, 2.45) is 0 Å². The molecule has 35 valence electrons. The van der Waals surface area contributed by atoms with Crippen LogP contribution in [0.5, 0.6) is 0 Å². The molecule has 0 radical (unpaired) electrons. The number of thiophene rings is 1. The van der Waals surface area contributed by atoms with Gasteiger partial charge < -0.3 is 0 Å². The molecule has 0 spiro atoms. The molecular weight excluding hydrogens is 225 g/mol. The van der Waals surface area contributed by atoms with E-state index in [-0.39, 0.29) is 17.0 Å². The van der Waals surface area contributed by atoms with Gasteiger partial charge in [0.2, 0.25) is 0 Å². The third-order valence-electron chi connectivity index (χ3n) is 0.580. The molecule has 1 aromatic heterocycles. The first-order valence-corrected chi connectivity index (χ1v) is 4.11. The molecule has 0 aromatic carbocycles. The fourth-order valence-electron chi connectivity index (χ4n) is 0.313. The van der Waals surface area contributed by atoms with Gasteiger partial charge in [0.1, 0.15) is 0 Å². The summed E-state index contributed by atoms with van der Waals surface area (Å²) in [5, 5.41) is 2.11. The molecule has 0 nitrogen and oxygen atoms in total. The molecule has 0 N–H and O–H groups in total. The van der Waals surface area contributed by atoms with Gasteiger partial charge in [-0.3, -0.25) is 0 Å². The van der Waals surface area contributed by atoms with E-state index in [0.29, 0.717) is 0 Å². The Labute approximate surface area is 67.4 Å². The van der Waals surface area contributed by atoms with Crippen molar-refractivity contribution in [1.29, 1.82) is 0 Å². The van der Waals surface area contributed by atoms with Crippen LogP contribution in [0.25, 0.3) is 0 Å². The van der Waals surface area contributed by atoms with Crippen LogP contribution in [0, 0.1) is 0 Å². The van der Waals surface area contributed by atoms with Gasteiger partial charge in [0, 0.05) is 0 Å². The average Bonchev–Trinajstić information content (AvgIpc) is 1.86. The topological polar surface area (TPSA) is 0 Å². The second-order valence-electron chi connectivity index (χ2n) is 1.08. The zero-order valence-electron chi connectivity index (χ0n) is 3.76. The second-order valence-corrected chi connectivity index (χ2v) is 4.79. The van der Waals surface area contributed by atoms with Crippen molar-refractivity contribution in [3.63, 3.8) is 0 Å². The van der Waals surface area contributed by atoms with Crippen molar-refractivity contribution in [1.82, 2.24) is 0 Å². The molecule has 0 saturated heterocycles. The Morgan fingerprint density at radius 3 is 2.43 bits per heavy atom. The van der Waals surface area contributed by atoms with Crippen LogP contribution in [0.3, 0.4) is 0 Å². The standard InChI is InChI=1S/C4H3S.BrH.Zn/c1-2-4-5-3-1;;/h1-3H;1H;. The van der Waals surface area contributed by atoms with E-state index >= 15 is 0 Å². The van der Waals surface area contributed by atoms with Crippen molar-refractivity contribution in [2.45, 2.75) is 0 Å². The second kappa shape index (κ2) is 3.76. The predicted octanol–water partition coefficient (Wildman–Crippen LogP) is 1.50. The monoisotopic (exact) mass is 227 g/mol. The van der Waals surface area contributed by atoms with Crippen LogP contribution in [0.4, 0.5) is 0 Å². The quantitative estimate of drug-likeness (QED) is 0.592. The Balaban J connectivity index is 0.000000360. The van der Waals surface area contributed by atoms with Gasteiger partial charge in [-0.15, -0.1) is 17.0 Å². The number of hydrogen-bond acceptors (Lipinski definition) is 1. The first-order chi connectivity index (χ1) is 2.89. The molecule has 1 aromatic rings. The first-order valence-electron chi connectivity index (χ1n) is 1.75. The van der Waals surface area contributed by atoms with Crippen molar-refractivity contribution in [3.8, 4) is 0 Å². The molecule has 0 aliphatic rings. The van der Waals surface area contributed by atoms with Crippen LogP contribution in [0.2, 0.25) is 0 Å². The molecule has 0 unspecified atom stereocenters. The molecule has 0 aliphatic carbocycles. The van der Waals surface area contributed by atoms with Gasteiger partial charge in [-0.1, -0.05) is 0 Å². The van der Waals surface area contributed by atoms with Crippen LogP contribution >= 0.6 is 28.3 Å². The summed E-state index contributed by atoms with van der Waals surface area (Å²) in [5.41, 5.74) is 0. The van der Waals surface area contributed by atoms with Gasteiger partial charge in [-0.25, -0.2) is 0 Å². The summed E-state index contributed by atoms with van der Waals surface area (Å²) in [6.45, 7) is 0. The summed E-state index contributed by atoms with van der Waals surface area (Å²) in [4.78, 5) is 0. The first kappa shape index (κ1) is 7.80. The van der Waals surface area contributed by atoms with Gasteiger partial charge in [0.25, 0.3) is 0 Å². The fraction of sp³-hybridized carbons (Fsp3) is 0. The molecule has 0 amide bonds. The Kier molecular flexibility index (Phi) is 4.19. The zero-order valence-corrected chi connectivity index (χ0v) is 9.25.